The van der Waals surface area contributed by atoms with Crippen LogP contribution in [-0.2, 0) is 6.54 Å². The second-order valence-electron chi connectivity index (χ2n) is 8.27. The first-order valence-electron chi connectivity index (χ1n) is 11.5. The summed E-state index contributed by atoms with van der Waals surface area (Å²) in [5.74, 6) is 3.26. The fourth-order valence-electron chi connectivity index (χ4n) is 4.35. The zero-order valence-electron chi connectivity index (χ0n) is 19.1. The maximum absolute atomic E-state index is 5.57. The molecule has 0 atom stereocenters. The number of nitrogens with one attached hydrogen (secondary N) is 2. The molecular weight excluding hydrogens is 466 g/mol. The first-order chi connectivity index (χ1) is 16.8. The Labute approximate surface area is 209 Å². The van der Waals surface area contributed by atoms with E-state index in [4.69, 9.17) is 18.9 Å². The first kappa shape index (κ1) is 23.1. The van der Waals surface area contributed by atoms with Crippen LogP contribution in [0.2, 0.25) is 0 Å². The van der Waals surface area contributed by atoms with Crippen LogP contribution in [0.3, 0.4) is 0 Å². The smallest absolute Gasteiger partial charge is 0.231 e. The van der Waals surface area contributed by atoms with Gasteiger partial charge < -0.3 is 29.6 Å². The van der Waals surface area contributed by atoms with E-state index in [0.29, 0.717) is 6.79 Å². The molecular formula is C27H26ClN3O4. The van der Waals surface area contributed by atoms with Gasteiger partial charge in [-0.15, -0.1) is 12.4 Å². The van der Waals surface area contributed by atoms with Crippen molar-refractivity contribution < 1.29 is 18.9 Å². The minimum absolute atomic E-state index is 0. The summed E-state index contributed by atoms with van der Waals surface area (Å²) in [6.45, 7) is 3.10. The number of anilines is 1. The summed E-state index contributed by atoms with van der Waals surface area (Å²) < 4.78 is 22.0. The van der Waals surface area contributed by atoms with Gasteiger partial charge in [0.05, 0.1) is 5.52 Å². The van der Waals surface area contributed by atoms with E-state index < -0.39 is 0 Å². The quantitative estimate of drug-likeness (QED) is 0.321. The lowest BCUT2D eigenvalue weighted by atomic mass is 10.0. The van der Waals surface area contributed by atoms with Crippen LogP contribution < -0.4 is 29.6 Å². The molecule has 4 aromatic rings. The fourth-order valence-corrected chi connectivity index (χ4v) is 4.35. The summed E-state index contributed by atoms with van der Waals surface area (Å²) in [6.07, 6.45) is 2.84. The van der Waals surface area contributed by atoms with Gasteiger partial charge in [0.1, 0.15) is 0 Å². The predicted octanol–water partition coefficient (Wildman–Crippen LogP) is 5.37. The summed E-state index contributed by atoms with van der Waals surface area (Å²) >= 11 is 0. The number of benzene rings is 3. The third-order valence-electron chi connectivity index (χ3n) is 6.09. The number of rotatable bonds is 8. The van der Waals surface area contributed by atoms with Crippen LogP contribution in [0.5, 0.6) is 23.0 Å². The summed E-state index contributed by atoms with van der Waals surface area (Å²) in [4.78, 5) is 4.59. The van der Waals surface area contributed by atoms with E-state index in [1.165, 1.54) is 0 Å². The number of nitrogens with zero attached hydrogens (tertiary/aromatic N) is 1. The molecule has 0 saturated carbocycles. The largest absolute Gasteiger partial charge is 0.454 e. The number of aromatic nitrogens is 1. The van der Waals surface area contributed by atoms with Gasteiger partial charge in [0.2, 0.25) is 13.6 Å². The lowest BCUT2D eigenvalue weighted by Gasteiger charge is -2.12. The Morgan fingerprint density at radius 1 is 0.771 bits per heavy atom. The molecule has 6 rings (SSSR count). The van der Waals surface area contributed by atoms with Gasteiger partial charge in [0.15, 0.2) is 23.0 Å². The van der Waals surface area contributed by atoms with Crippen molar-refractivity contribution in [3.05, 3.63) is 72.4 Å². The number of halogens is 1. The van der Waals surface area contributed by atoms with Crippen molar-refractivity contribution in [2.75, 3.05) is 32.0 Å². The number of hydrogen-bond acceptors (Lipinski definition) is 7. The molecule has 0 unspecified atom stereocenters. The molecule has 8 heteroatoms. The molecule has 0 spiro atoms. The zero-order valence-corrected chi connectivity index (χ0v) is 19.9. The van der Waals surface area contributed by atoms with Crippen LogP contribution in [0.1, 0.15) is 12.0 Å². The summed E-state index contributed by atoms with van der Waals surface area (Å²) in [6, 6.07) is 20.4. The van der Waals surface area contributed by atoms with E-state index in [1.807, 2.05) is 42.6 Å². The van der Waals surface area contributed by atoms with Crippen molar-refractivity contribution >= 4 is 29.0 Å². The summed E-state index contributed by atoms with van der Waals surface area (Å²) in [7, 11) is 0. The Balaban J connectivity index is 0.00000253. The van der Waals surface area contributed by atoms with E-state index >= 15 is 0 Å². The second kappa shape index (κ2) is 10.3. The molecule has 7 nitrogen and oxygen atoms in total. The topological polar surface area (TPSA) is 73.9 Å². The van der Waals surface area contributed by atoms with Gasteiger partial charge >= 0.3 is 0 Å². The molecule has 0 amide bonds. The van der Waals surface area contributed by atoms with Crippen LogP contribution in [0.25, 0.3) is 22.0 Å². The number of fused-ring (bicyclic) bond motifs is 3. The van der Waals surface area contributed by atoms with Crippen molar-refractivity contribution in [3.63, 3.8) is 0 Å². The maximum Gasteiger partial charge on any atom is 0.231 e. The first-order valence-corrected chi connectivity index (χ1v) is 11.5. The Hall–Kier alpha value is -3.68. The SMILES string of the molecule is Cl.c1cc(CNCCCNc2ccnc3cc(-c4ccc5c(c4)OCO5)ccc23)c2c(c1)OCO2. The molecule has 0 radical (unpaired) electrons. The molecule has 3 heterocycles. The number of ether oxygens (including phenoxy) is 4. The highest BCUT2D eigenvalue weighted by atomic mass is 35.5. The molecule has 35 heavy (non-hydrogen) atoms. The van der Waals surface area contributed by atoms with Gasteiger partial charge in [-0.2, -0.15) is 0 Å². The standard InChI is InChI=1S/C27H25N3O4.ClH/c1-3-20(27-25(4-1)32-17-34-27)15-28-10-2-11-29-22-9-12-30-23-13-18(5-7-21(22)23)19-6-8-24-26(14-19)33-16-31-24;/h1,3-9,12-14,28H,2,10-11,15-17H2,(H,29,30);1H. The molecule has 180 valence electrons. The molecule has 2 N–H and O–H groups in total. The average Bonchev–Trinajstić information content (AvgIpc) is 3.55. The monoisotopic (exact) mass is 491 g/mol. The Bertz CT molecular complexity index is 1350. The molecule has 0 fully saturated rings. The lowest BCUT2D eigenvalue weighted by molar-refractivity contribution is 0.173. The average molecular weight is 492 g/mol. The van der Waals surface area contributed by atoms with Crippen molar-refractivity contribution in [3.8, 4) is 34.1 Å². The minimum Gasteiger partial charge on any atom is -0.454 e. The molecule has 0 saturated heterocycles. The van der Waals surface area contributed by atoms with E-state index in [9.17, 15) is 0 Å². The maximum atomic E-state index is 5.57. The number of hydrogen-bond donors (Lipinski definition) is 2. The van der Waals surface area contributed by atoms with Crippen LogP contribution in [-0.4, -0.2) is 31.7 Å². The summed E-state index contributed by atoms with van der Waals surface area (Å²) in [5.41, 5.74) is 5.35. The molecule has 0 aliphatic carbocycles. The fraction of sp³-hybridized carbons (Fsp3) is 0.222. The third kappa shape index (κ3) is 4.78. The highest BCUT2D eigenvalue weighted by molar-refractivity contribution is 5.93. The molecule has 2 aliphatic rings. The molecule has 3 aromatic carbocycles. The number of pyridine rings is 1. The Morgan fingerprint density at radius 3 is 2.57 bits per heavy atom. The van der Waals surface area contributed by atoms with Crippen molar-refractivity contribution in [1.82, 2.24) is 10.3 Å². The van der Waals surface area contributed by atoms with E-state index in [1.54, 1.807) is 0 Å². The number of para-hydroxylation sites is 1. The van der Waals surface area contributed by atoms with E-state index in [0.717, 1.165) is 82.3 Å². The normalized spacial score (nSPS) is 13.0. The molecule has 2 aliphatic heterocycles. The van der Waals surface area contributed by atoms with Gasteiger partial charge in [-0.1, -0.05) is 30.3 Å². The molecule has 0 bridgehead atoms. The van der Waals surface area contributed by atoms with Crippen molar-refractivity contribution in [2.45, 2.75) is 13.0 Å². The predicted molar refractivity (Wildman–Crippen MR) is 138 cm³/mol. The van der Waals surface area contributed by atoms with Gasteiger partial charge in [-0.3, -0.25) is 4.98 Å². The minimum atomic E-state index is 0. The second-order valence-corrected chi connectivity index (χ2v) is 8.27. The van der Waals surface area contributed by atoms with Crippen LogP contribution in [0, 0.1) is 0 Å². The van der Waals surface area contributed by atoms with Crippen molar-refractivity contribution in [2.24, 2.45) is 0 Å². The van der Waals surface area contributed by atoms with E-state index in [2.05, 4.69) is 39.9 Å². The highest BCUT2D eigenvalue weighted by Gasteiger charge is 2.17. The van der Waals surface area contributed by atoms with Gasteiger partial charge in [0, 0.05) is 35.9 Å². The summed E-state index contributed by atoms with van der Waals surface area (Å²) in [5, 5.41) is 8.16. The lowest BCUT2D eigenvalue weighted by Crippen LogP contribution is -2.18. The van der Waals surface area contributed by atoms with Crippen LogP contribution >= 0.6 is 12.4 Å². The Kier molecular flexibility index (Phi) is 6.79. The third-order valence-corrected chi connectivity index (χ3v) is 6.09. The van der Waals surface area contributed by atoms with E-state index in [-0.39, 0.29) is 19.2 Å². The van der Waals surface area contributed by atoms with Crippen LogP contribution in [0.4, 0.5) is 5.69 Å². The van der Waals surface area contributed by atoms with Crippen LogP contribution in [0.15, 0.2) is 66.9 Å². The van der Waals surface area contributed by atoms with Crippen molar-refractivity contribution in [1.29, 1.82) is 0 Å². The van der Waals surface area contributed by atoms with Gasteiger partial charge in [-0.05, 0) is 54.4 Å². The molecule has 1 aromatic heterocycles. The Morgan fingerprint density at radius 2 is 1.60 bits per heavy atom. The van der Waals surface area contributed by atoms with Gasteiger partial charge in [-0.25, -0.2) is 0 Å². The highest BCUT2D eigenvalue weighted by Crippen LogP contribution is 2.37. The van der Waals surface area contributed by atoms with Gasteiger partial charge in [0.25, 0.3) is 0 Å². The zero-order chi connectivity index (χ0) is 22.7.